The number of ether oxygens (including phenoxy) is 2. The summed E-state index contributed by atoms with van der Waals surface area (Å²) in [7, 11) is 5.34. The van der Waals surface area contributed by atoms with Gasteiger partial charge in [-0.15, -0.1) is 10.2 Å². The van der Waals surface area contributed by atoms with Gasteiger partial charge in [-0.25, -0.2) is 0 Å². The van der Waals surface area contributed by atoms with E-state index in [9.17, 15) is 0 Å². The summed E-state index contributed by atoms with van der Waals surface area (Å²) in [5.41, 5.74) is 2.36. The Hall–Kier alpha value is -1.82. The van der Waals surface area contributed by atoms with Crippen molar-refractivity contribution in [2.75, 3.05) is 26.2 Å². The summed E-state index contributed by atoms with van der Waals surface area (Å²) in [6.45, 7) is 9.26. The number of aryl methyl sites for hydroxylation is 1. The number of anilines is 1. The van der Waals surface area contributed by atoms with E-state index in [-0.39, 0.29) is 5.41 Å². The summed E-state index contributed by atoms with van der Waals surface area (Å²) < 4.78 is 10.7. The van der Waals surface area contributed by atoms with E-state index < -0.39 is 0 Å². The van der Waals surface area contributed by atoms with Crippen LogP contribution in [0.25, 0.3) is 0 Å². The van der Waals surface area contributed by atoms with Crippen molar-refractivity contribution >= 4 is 16.5 Å². The average molecular weight is 335 g/mol. The first kappa shape index (κ1) is 17.5. The van der Waals surface area contributed by atoms with E-state index in [1.54, 1.807) is 25.6 Å². The Morgan fingerprint density at radius 3 is 2.22 bits per heavy atom. The molecule has 0 aliphatic heterocycles. The summed E-state index contributed by atoms with van der Waals surface area (Å²) in [5.74, 6) is 1.50. The number of aromatic nitrogens is 2. The third kappa shape index (κ3) is 3.93. The van der Waals surface area contributed by atoms with Crippen molar-refractivity contribution in [1.82, 2.24) is 10.2 Å². The lowest BCUT2D eigenvalue weighted by atomic mass is 9.98. The molecule has 0 aliphatic rings. The van der Waals surface area contributed by atoms with Crippen molar-refractivity contribution < 1.29 is 9.47 Å². The zero-order chi connectivity index (χ0) is 17.2. The number of hydrogen-bond acceptors (Lipinski definition) is 6. The van der Waals surface area contributed by atoms with Crippen LogP contribution in [-0.2, 0) is 12.0 Å². The van der Waals surface area contributed by atoms with Gasteiger partial charge in [0.15, 0.2) is 11.5 Å². The monoisotopic (exact) mass is 335 g/mol. The SMILES string of the molecule is COc1cc(C)c(CN(C)c2nnc(C(C)(C)C)s2)cc1OC. The molecule has 23 heavy (non-hydrogen) atoms. The second-order valence-corrected chi connectivity index (χ2v) is 7.59. The average Bonchev–Trinajstić information content (AvgIpc) is 2.98. The van der Waals surface area contributed by atoms with E-state index in [4.69, 9.17) is 9.47 Å². The maximum Gasteiger partial charge on any atom is 0.208 e. The standard InChI is InChI=1S/C17H25N3O2S/c1-11-8-13(21-6)14(22-7)9-12(11)10-20(5)16-19-18-15(23-16)17(2,3)4/h8-9H,10H2,1-7H3. The predicted octanol–water partition coefficient (Wildman–Crippen LogP) is 3.80. The van der Waals surface area contributed by atoms with Gasteiger partial charge in [-0.2, -0.15) is 0 Å². The molecule has 1 aromatic heterocycles. The molecule has 0 atom stereocenters. The normalized spacial score (nSPS) is 11.4. The highest BCUT2D eigenvalue weighted by Gasteiger charge is 2.21. The van der Waals surface area contributed by atoms with Crippen molar-refractivity contribution in [1.29, 1.82) is 0 Å². The molecule has 1 heterocycles. The van der Waals surface area contributed by atoms with Crippen LogP contribution in [0, 0.1) is 6.92 Å². The van der Waals surface area contributed by atoms with Crippen molar-refractivity contribution in [2.45, 2.75) is 39.7 Å². The maximum absolute atomic E-state index is 5.40. The molecule has 0 aliphatic carbocycles. The van der Waals surface area contributed by atoms with Gasteiger partial charge in [0.1, 0.15) is 5.01 Å². The Bertz CT molecular complexity index is 677. The first-order valence-corrected chi connectivity index (χ1v) is 8.34. The zero-order valence-corrected chi connectivity index (χ0v) is 15.7. The van der Waals surface area contributed by atoms with E-state index in [1.165, 1.54) is 5.56 Å². The molecule has 6 heteroatoms. The van der Waals surface area contributed by atoms with Crippen LogP contribution in [0.15, 0.2) is 12.1 Å². The lowest BCUT2D eigenvalue weighted by molar-refractivity contribution is 0.354. The third-order valence-electron chi connectivity index (χ3n) is 3.63. The summed E-state index contributed by atoms with van der Waals surface area (Å²) in [6, 6.07) is 4.03. The van der Waals surface area contributed by atoms with Crippen molar-refractivity contribution in [3.05, 3.63) is 28.3 Å². The number of benzene rings is 1. The molecular weight excluding hydrogens is 310 g/mol. The molecule has 0 spiro atoms. The highest BCUT2D eigenvalue weighted by molar-refractivity contribution is 7.15. The van der Waals surface area contributed by atoms with E-state index >= 15 is 0 Å². The van der Waals surface area contributed by atoms with Gasteiger partial charge < -0.3 is 14.4 Å². The van der Waals surface area contributed by atoms with Gasteiger partial charge in [-0.3, -0.25) is 0 Å². The van der Waals surface area contributed by atoms with Crippen LogP contribution in [0.5, 0.6) is 11.5 Å². The van der Waals surface area contributed by atoms with E-state index in [0.717, 1.165) is 33.7 Å². The smallest absolute Gasteiger partial charge is 0.208 e. The molecule has 5 nitrogen and oxygen atoms in total. The molecule has 2 rings (SSSR count). The quantitative estimate of drug-likeness (QED) is 0.832. The molecule has 0 unspecified atom stereocenters. The molecule has 0 saturated carbocycles. The van der Waals surface area contributed by atoms with E-state index in [0.29, 0.717) is 0 Å². The molecule has 1 aromatic carbocycles. The third-order valence-corrected chi connectivity index (χ3v) is 5.10. The number of nitrogens with zero attached hydrogens (tertiary/aromatic N) is 3. The van der Waals surface area contributed by atoms with Gasteiger partial charge in [0.2, 0.25) is 5.13 Å². The van der Waals surface area contributed by atoms with Crippen LogP contribution >= 0.6 is 11.3 Å². The van der Waals surface area contributed by atoms with Crippen LogP contribution in [0.2, 0.25) is 0 Å². The maximum atomic E-state index is 5.40. The molecule has 0 radical (unpaired) electrons. The Balaban J connectivity index is 2.23. The van der Waals surface area contributed by atoms with Gasteiger partial charge >= 0.3 is 0 Å². The van der Waals surface area contributed by atoms with Crippen molar-refractivity contribution in [2.24, 2.45) is 0 Å². The van der Waals surface area contributed by atoms with Crippen LogP contribution in [0.4, 0.5) is 5.13 Å². The Labute approximate surface area is 142 Å². The van der Waals surface area contributed by atoms with Crippen LogP contribution in [0.3, 0.4) is 0 Å². The lowest BCUT2D eigenvalue weighted by Gasteiger charge is -2.19. The lowest BCUT2D eigenvalue weighted by Crippen LogP contribution is -2.17. The van der Waals surface area contributed by atoms with E-state index in [2.05, 4.69) is 42.8 Å². The van der Waals surface area contributed by atoms with Gasteiger partial charge in [0, 0.05) is 19.0 Å². The Kier molecular flexibility index (Phi) is 5.14. The molecule has 0 bridgehead atoms. The molecular formula is C17H25N3O2S. The first-order valence-electron chi connectivity index (χ1n) is 7.53. The summed E-state index contributed by atoms with van der Waals surface area (Å²) in [6.07, 6.45) is 0. The summed E-state index contributed by atoms with van der Waals surface area (Å²) in [5, 5.41) is 10.6. The molecule has 0 saturated heterocycles. The van der Waals surface area contributed by atoms with Gasteiger partial charge in [-0.05, 0) is 30.2 Å². The zero-order valence-electron chi connectivity index (χ0n) is 14.9. The van der Waals surface area contributed by atoms with Gasteiger partial charge in [0.25, 0.3) is 0 Å². The molecule has 0 amide bonds. The number of hydrogen-bond donors (Lipinski definition) is 0. The van der Waals surface area contributed by atoms with Crippen LogP contribution in [0.1, 0.15) is 36.9 Å². The molecule has 0 N–H and O–H groups in total. The highest BCUT2D eigenvalue weighted by Crippen LogP contribution is 2.33. The van der Waals surface area contributed by atoms with Gasteiger partial charge in [0.05, 0.1) is 14.2 Å². The minimum Gasteiger partial charge on any atom is -0.493 e. The fourth-order valence-electron chi connectivity index (χ4n) is 2.19. The molecule has 0 fully saturated rings. The number of methoxy groups -OCH3 is 2. The molecule has 126 valence electrons. The fraction of sp³-hybridized carbons (Fsp3) is 0.529. The number of rotatable bonds is 5. The summed E-state index contributed by atoms with van der Waals surface area (Å²) in [4.78, 5) is 2.11. The summed E-state index contributed by atoms with van der Waals surface area (Å²) >= 11 is 1.64. The Morgan fingerprint density at radius 1 is 1.09 bits per heavy atom. The van der Waals surface area contributed by atoms with Crippen molar-refractivity contribution in [3.8, 4) is 11.5 Å². The minimum atomic E-state index is 0.0238. The fourth-order valence-corrected chi connectivity index (χ4v) is 3.05. The largest absolute Gasteiger partial charge is 0.493 e. The predicted molar refractivity (Wildman–Crippen MR) is 95.0 cm³/mol. The van der Waals surface area contributed by atoms with Crippen LogP contribution in [-0.4, -0.2) is 31.5 Å². The molecule has 2 aromatic rings. The topological polar surface area (TPSA) is 47.5 Å². The Morgan fingerprint density at radius 2 is 1.70 bits per heavy atom. The van der Waals surface area contributed by atoms with E-state index in [1.807, 2.05) is 19.2 Å². The van der Waals surface area contributed by atoms with Crippen molar-refractivity contribution in [3.63, 3.8) is 0 Å². The minimum absolute atomic E-state index is 0.0238. The first-order chi connectivity index (χ1) is 10.8. The second-order valence-electron chi connectivity index (χ2n) is 6.63. The van der Waals surface area contributed by atoms with Crippen LogP contribution < -0.4 is 14.4 Å². The second kappa shape index (κ2) is 6.74. The highest BCUT2D eigenvalue weighted by atomic mass is 32.1. The van der Waals surface area contributed by atoms with Gasteiger partial charge in [-0.1, -0.05) is 32.1 Å².